The molecule has 2 heterocycles. The molecular formula is C19H21Cl2NO4S2. The lowest BCUT2D eigenvalue weighted by molar-refractivity contribution is 0.0683. The number of halogens is 2. The lowest BCUT2D eigenvalue weighted by Gasteiger charge is -2.28. The van der Waals surface area contributed by atoms with E-state index in [4.69, 9.17) is 27.9 Å². The van der Waals surface area contributed by atoms with Gasteiger partial charge in [0.1, 0.15) is 0 Å². The van der Waals surface area contributed by atoms with Crippen molar-refractivity contribution in [3.63, 3.8) is 0 Å². The van der Waals surface area contributed by atoms with Gasteiger partial charge < -0.3 is 9.64 Å². The molecule has 5 nitrogen and oxygen atoms in total. The number of nitrogens with zero attached hydrogens (tertiary/aromatic N) is 1. The molecule has 0 spiro atoms. The summed E-state index contributed by atoms with van der Waals surface area (Å²) in [6.07, 6.45) is 0.428. The molecule has 0 saturated carbocycles. The quantitative estimate of drug-likeness (QED) is 0.630. The molecule has 3 rings (SSSR count). The molecule has 1 atom stereocenters. The molecule has 0 aliphatic carbocycles. The summed E-state index contributed by atoms with van der Waals surface area (Å²) >= 11 is 14.1. The third kappa shape index (κ3) is 4.64. The average molecular weight is 462 g/mol. The Morgan fingerprint density at radius 1 is 1.32 bits per heavy atom. The van der Waals surface area contributed by atoms with E-state index in [1.807, 2.05) is 25.3 Å². The minimum atomic E-state index is -3.14. The van der Waals surface area contributed by atoms with E-state index in [-0.39, 0.29) is 33.5 Å². The second-order valence-electron chi connectivity index (χ2n) is 6.72. The van der Waals surface area contributed by atoms with Gasteiger partial charge in [0.2, 0.25) is 0 Å². The van der Waals surface area contributed by atoms with Crippen LogP contribution in [0.25, 0.3) is 0 Å². The highest BCUT2D eigenvalue weighted by Gasteiger charge is 2.35. The van der Waals surface area contributed by atoms with Gasteiger partial charge in [-0.3, -0.25) is 4.79 Å². The van der Waals surface area contributed by atoms with E-state index in [0.29, 0.717) is 30.9 Å². The summed E-state index contributed by atoms with van der Waals surface area (Å²) in [4.78, 5) is 16.0. The lowest BCUT2D eigenvalue weighted by atomic mass is 10.1. The summed E-state index contributed by atoms with van der Waals surface area (Å²) in [5, 5.41) is 2.47. The Kier molecular flexibility index (Phi) is 6.59. The topological polar surface area (TPSA) is 63.7 Å². The predicted octanol–water partition coefficient (Wildman–Crippen LogP) is 4.59. The Hall–Kier alpha value is -1.28. The SMILES string of the molecule is CCOc1c(Cl)cc(C(=O)N(Cc2sccc2C)[C@H]2CCS(=O)(=O)C2)cc1Cl. The summed E-state index contributed by atoms with van der Waals surface area (Å²) in [6.45, 7) is 4.54. The van der Waals surface area contributed by atoms with E-state index in [1.165, 1.54) is 12.1 Å². The summed E-state index contributed by atoms with van der Waals surface area (Å²) < 4.78 is 29.4. The molecule has 28 heavy (non-hydrogen) atoms. The molecule has 1 amide bonds. The van der Waals surface area contributed by atoms with E-state index in [1.54, 1.807) is 16.2 Å². The monoisotopic (exact) mass is 461 g/mol. The number of sulfone groups is 1. The zero-order chi connectivity index (χ0) is 20.5. The highest BCUT2D eigenvalue weighted by Crippen LogP contribution is 2.35. The Morgan fingerprint density at radius 3 is 2.50 bits per heavy atom. The smallest absolute Gasteiger partial charge is 0.254 e. The second-order valence-corrected chi connectivity index (χ2v) is 10.8. The van der Waals surface area contributed by atoms with Gasteiger partial charge in [0, 0.05) is 16.5 Å². The van der Waals surface area contributed by atoms with Gasteiger partial charge in [-0.2, -0.15) is 0 Å². The van der Waals surface area contributed by atoms with Crippen molar-refractivity contribution in [2.75, 3.05) is 18.1 Å². The van der Waals surface area contributed by atoms with Crippen molar-refractivity contribution in [2.24, 2.45) is 0 Å². The van der Waals surface area contributed by atoms with Gasteiger partial charge in [0.05, 0.1) is 34.7 Å². The van der Waals surface area contributed by atoms with E-state index in [2.05, 4.69) is 0 Å². The first-order chi connectivity index (χ1) is 13.2. The minimum Gasteiger partial charge on any atom is -0.491 e. The average Bonchev–Trinajstić information content (AvgIpc) is 3.20. The van der Waals surface area contributed by atoms with Crippen molar-refractivity contribution < 1.29 is 17.9 Å². The van der Waals surface area contributed by atoms with Crippen LogP contribution in [0.5, 0.6) is 5.75 Å². The molecule has 0 bridgehead atoms. The van der Waals surface area contributed by atoms with Crippen LogP contribution in [0.2, 0.25) is 10.0 Å². The van der Waals surface area contributed by atoms with Crippen LogP contribution in [0.3, 0.4) is 0 Å². The van der Waals surface area contributed by atoms with Crippen LogP contribution < -0.4 is 4.74 Å². The highest BCUT2D eigenvalue weighted by atomic mass is 35.5. The Morgan fingerprint density at radius 2 is 2.00 bits per heavy atom. The number of hydrogen-bond donors (Lipinski definition) is 0. The molecule has 1 aromatic carbocycles. The molecule has 152 valence electrons. The van der Waals surface area contributed by atoms with Crippen LogP contribution >= 0.6 is 34.5 Å². The molecule has 0 unspecified atom stereocenters. The van der Waals surface area contributed by atoms with Gasteiger partial charge in [0.25, 0.3) is 5.91 Å². The van der Waals surface area contributed by atoms with Crippen LogP contribution in [0.4, 0.5) is 0 Å². The van der Waals surface area contributed by atoms with Crippen LogP contribution in [-0.2, 0) is 16.4 Å². The molecule has 1 saturated heterocycles. The molecular weight excluding hydrogens is 441 g/mol. The fraction of sp³-hybridized carbons (Fsp3) is 0.421. The van der Waals surface area contributed by atoms with Crippen molar-refractivity contribution in [3.05, 3.63) is 49.6 Å². The molecule has 1 aromatic heterocycles. The normalized spacial score (nSPS) is 18.2. The van der Waals surface area contributed by atoms with Gasteiger partial charge in [0.15, 0.2) is 15.6 Å². The molecule has 1 aliphatic heterocycles. The largest absolute Gasteiger partial charge is 0.491 e. The van der Waals surface area contributed by atoms with E-state index in [0.717, 1.165) is 10.4 Å². The fourth-order valence-corrected chi connectivity index (χ4v) is 6.47. The van der Waals surface area contributed by atoms with E-state index in [9.17, 15) is 13.2 Å². The van der Waals surface area contributed by atoms with Crippen molar-refractivity contribution in [3.8, 4) is 5.75 Å². The van der Waals surface area contributed by atoms with E-state index >= 15 is 0 Å². The molecule has 0 N–H and O–H groups in total. The number of benzene rings is 1. The summed E-state index contributed by atoms with van der Waals surface area (Å²) in [7, 11) is -3.14. The number of hydrogen-bond acceptors (Lipinski definition) is 5. The van der Waals surface area contributed by atoms with Gasteiger partial charge in [-0.1, -0.05) is 23.2 Å². The van der Waals surface area contributed by atoms with Gasteiger partial charge in [-0.25, -0.2) is 8.42 Å². The van der Waals surface area contributed by atoms with E-state index < -0.39 is 9.84 Å². The number of amides is 1. The van der Waals surface area contributed by atoms with Gasteiger partial charge in [-0.15, -0.1) is 11.3 Å². The number of ether oxygens (including phenoxy) is 1. The Bertz CT molecular complexity index is 965. The number of carbonyl (C=O) groups excluding carboxylic acids is 1. The van der Waals surface area contributed by atoms with Crippen molar-refractivity contribution in [1.82, 2.24) is 4.90 Å². The number of carbonyl (C=O) groups is 1. The van der Waals surface area contributed by atoms with Crippen LogP contribution in [0, 0.1) is 6.92 Å². The van der Waals surface area contributed by atoms with Gasteiger partial charge in [-0.05, 0) is 49.4 Å². The molecule has 1 aliphatic rings. The van der Waals surface area contributed by atoms with Crippen LogP contribution in [-0.4, -0.2) is 43.4 Å². The maximum atomic E-state index is 13.3. The van der Waals surface area contributed by atoms with Gasteiger partial charge >= 0.3 is 0 Å². The minimum absolute atomic E-state index is 0.0261. The summed E-state index contributed by atoms with van der Waals surface area (Å²) in [6, 6.07) is 4.67. The first-order valence-electron chi connectivity index (χ1n) is 8.88. The molecule has 0 radical (unpaired) electrons. The van der Waals surface area contributed by atoms with Crippen molar-refractivity contribution in [2.45, 2.75) is 32.9 Å². The predicted molar refractivity (Wildman–Crippen MR) is 114 cm³/mol. The molecule has 9 heteroatoms. The summed E-state index contributed by atoms with van der Waals surface area (Å²) in [5.74, 6) is 0.116. The first-order valence-corrected chi connectivity index (χ1v) is 12.3. The standard InChI is InChI=1S/C19H21Cl2NO4S2/c1-3-26-18-15(20)8-13(9-16(18)21)19(23)22(10-17-12(2)4-6-27-17)14-5-7-28(24,25)11-14/h4,6,8-9,14H,3,5,7,10-11H2,1-2H3/t14-/m0/s1. The Balaban J connectivity index is 1.95. The fourth-order valence-electron chi connectivity index (χ4n) is 3.24. The summed E-state index contributed by atoms with van der Waals surface area (Å²) in [5.41, 5.74) is 1.39. The zero-order valence-electron chi connectivity index (χ0n) is 15.6. The van der Waals surface area contributed by atoms with Crippen molar-refractivity contribution in [1.29, 1.82) is 0 Å². The number of rotatable bonds is 6. The number of thiophene rings is 1. The van der Waals surface area contributed by atoms with Crippen LogP contribution in [0.1, 0.15) is 34.1 Å². The maximum absolute atomic E-state index is 13.3. The third-order valence-corrected chi connectivity index (χ3v) is 8.05. The first kappa shape index (κ1) is 21.4. The van der Waals surface area contributed by atoms with Crippen LogP contribution in [0.15, 0.2) is 23.6 Å². The Labute approximate surface area is 179 Å². The van der Waals surface area contributed by atoms with Crippen molar-refractivity contribution >= 4 is 50.3 Å². The second kappa shape index (κ2) is 8.61. The molecule has 1 fully saturated rings. The third-order valence-electron chi connectivity index (χ3n) is 4.73. The lowest BCUT2D eigenvalue weighted by Crippen LogP contribution is -2.40. The highest BCUT2D eigenvalue weighted by molar-refractivity contribution is 7.91. The maximum Gasteiger partial charge on any atom is 0.254 e. The number of aryl methyl sites for hydroxylation is 1. The molecule has 2 aromatic rings. The zero-order valence-corrected chi connectivity index (χ0v) is 18.7.